The molecule has 104 valence electrons. The van der Waals surface area contributed by atoms with Gasteiger partial charge < -0.3 is 11.1 Å². The fraction of sp³-hybridized carbons (Fsp3) is 0.188. The molecule has 0 unspecified atom stereocenters. The quantitative estimate of drug-likeness (QED) is 0.828. The molecule has 4 heteroatoms. The Hall–Kier alpha value is -1.94. The summed E-state index contributed by atoms with van der Waals surface area (Å²) in [7, 11) is 0. The summed E-state index contributed by atoms with van der Waals surface area (Å²) in [5, 5.41) is 3.28. The van der Waals surface area contributed by atoms with E-state index in [1.807, 2.05) is 31.2 Å². The van der Waals surface area contributed by atoms with Crippen LogP contribution in [0.4, 0.5) is 10.1 Å². The van der Waals surface area contributed by atoms with Crippen molar-refractivity contribution in [2.24, 2.45) is 5.73 Å². The highest BCUT2D eigenvalue weighted by molar-refractivity contribution is 7.80. The number of nitrogens with two attached hydrogens (primary N) is 1. The van der Waals surface area contributed by atoms with Crippen LogP contribution in [0.3, 0.4) is 0 Å². The first-order valence-corrected chi connectivity index (χ1v) is 6.86. The monoisotopic (exact) mass is 288 g/mol. The van der Waals surface area contributed by atoms with E-state index in [-0.39, 0.29) is 5.82 Å². The zero-order chi connectivity index (χ0) is 14.5. The van der Waals surface area contributed by atoms with Crippen molar-refractivity contribution in [3.63, 3.8) is 0 Å². The number of anilines is 1. The average molecular weight is 288 g/mol. The van der Waals surface area contributed by atoms with E-state index in [0.717, 1.165) is 16.8 Å². The van der Waals surface area contributed by atoms with Gasteiger partial charge in [-0.2, -0.15) is 0 Å². The lowest BCUT2D eigenvalue weighted by molar-refractivity contribution is 0.610. The van der Waals surface area contributed by atoms with Gasteiger partial charge in [0, 0.05) is 17.8 Å². The molecule has 0 aliphatic heterocycles. The minimum Gasteiger partial charge on any atom is -0.389 e. The molecule has 0 fully saturated rings. The van der Waals surface area contributed by atoms with Gasteiger partial charge in [-0.15, -0.1) is 0 Å². The van der Waals surface area contributed by atoms with Gasteiger partial charge in [0.15, 0.2) is 0 Å². The molecule has 2 nitrogen and oxygen atoms in total. The third-order valence-electron chi connectivity index (χ3n) is 3.11. The first kappa shape index (κ1) is 14.5. The first-order chi connectivity index (χ1) is 9.58. The standard InChI is InChI=1S/C16H17FN2S/c1-11-6-7-13(16(18)20)15(10-11)19-9-8-12-4-2-3-5-14(12)17/h2-7,10,19H,8-9H2,1H3,(H2,18,20). The van der Waals surface area contributed by atoms with Gasteiger partial charge in [-0.3, -0.25) is 0 Å². The maximum absolute atomic E-state index is 13.5. The molecule has 0 aliphatic carbocycles. The molecule has 2 aromatic rings. The van der Waals surface area contributed by atoms with Gasteiger partial charge in [0.1, 0.15) is 10.8 Å². The van der Waals surface area contributed by atoms with E-state index >= 15 is 0 Å². The van der Waals surface area contributed by atoms with Crippen LogP contribution in [0, 0.1) is 12.7 Å². The minimum atomic E-state index is -0.173. The Morgan fingerprint density at radius 1 is 1.25 bits per heavy atom. The maximum Gasteiger partial charge on any atom is 0.126 e. The lowest BCUT2D eigenvalue weighted by Crippen LogP contribution is -2.15. The van der Waals surface area contributed by atoms with Crippen LogP contribution in [-0.2, 0) is 6.42 Å². The molecule has 0 spiro atoms. The number of hydrogen-bond donors (Lipinski definition) is 2. The summed E-state index contributed by atoms with van der Waals surface area (Å²) in [4.78, 5) is 0.360. The van der Waals surface area contributed by atoms with Crippen LogP contribution in [0.1, 0.15) is 16.7 Å². The Kier molecular flexibility index (Phi) is 4.69. The van der Waals surface area contributed by atoms with Crippen molar-refractivity contribution >= 4 is 22.9 Å². The first-order valence-electron chi connectivity index (χ1n) is 6.45. The lowest BCUT2D eigenvalue weighted by Gasteiger charge is -2.12. The molecule has 0 amide bonds. The number of thiocarbonyl (C=S) groups is 1. The predicted molar refractivity (Wildman–Crippen MR) is 85.7 cm³/mol. The number of aryl methyl sites for hydroxylation is 1. The molecule has 0 atom stereocenters. The zero-order valence-corrected chi connectivity index (χ0v) is 12.1. The Morgan fingerprint density at radius 2 is 2.00 bits per heavy atom. The van der Waals surface area contributed by atoms with Crippen LogP contribution in [0.15, 0.2) is 42.5 Å². The molecule has 2 rings (SSSR count). The Labute approximate surface area is 123 Å². The van der Waals surface area contributed by atoms with E-state index in [4.69, 9.17) is 18.0 Å². The predicted octanol–water partition coefficient (Wildman–Crippen LogP) is 3.42. The van der Waals surface area contributed by atoms with Crippen molar-refractivity contribution in [1.82, 2.24) is 0 Å². The number of rotatable bonds is 5. The van der Waals surface area contributed by atoms with Crippen molar-refractivity contribution in [2.75, 3.05) is 11.9 Å². The largest absolute Gasteiger partial charge is 0.389 e. The maximum atomic E-state index is 13.5. The second kappa shape index (κ2) is 6.48. The Bertz CT molecular complexity index is 626. The molecule has 0 aliphatic rings. The summed E-state index contributed by atoms with van der Waals surface area (Å²) >= 11 is 5.04. The van der Waals surface area contributed by atoms with Crippen molar-refractivity contribution in [3.05, 3.63) is 65.0 Å². The van der Waals surface area contributed by atoms with Crippen molar-refractivity contribution in [2.45, 2.75) is 13.3 Å². The zero-order valence-electron chi connectivity index (χ0n) is 11.3. The summed E-state index contributed by atoms with van der Waals surface area (Å²) in [6.45, 7) is 2.63. The van der Waals surface area contributed by atoms with Crippen LogP contribution in [-0.4, -0.2) is 11.5 Å². The van der Waals surface area contributed by atoms with E-state index < -0.39 is 0 Å². The van der Waals surface area contributed by atoms with E-state index in [0.29, 0.717) is 23.5 Å². The molecular weight excluding hydrogens is 271 g/mol. The van der Waals surface area contributed by atoms with Crippen molar-refractivity contribution < 1.29 is 4.39 Å². The molecule has 0 bridgehead atoms. The smallest absolute Gasteiger partial charge is 0.126 e. The molecule has 0 saturated carbocycles. The van der Waals surface area contributed by atoms with Crippen LogP contribution in [0.5, 0.6) is 0 Å². The topological polar surface area (TPSA) is 38.0 Å². The van der Waals surface area contributed by atoms with E-state index in [1.165, 1.54) is 6.07 Å². The van der Waals surface area contributed by atoms with Crippen LogP contribution in [0.25, 0.3) is 0 Å². The van der Waals surface area contributed by atoms with Gasteiger partial charge in [0.2, 0.25) is 0 Å². The number of benzene rings is 2. The van der Waals surface area contributed by atoms with Crippen molar-refractivity contribution in [1.29, 1.82) is 0 Å². The Balaban J connectivity index is 2.06. The molecular formula is C16H17FN2S. The van der Waals surface area contributed by atoms with E-state index in [9.17, 15) is 4.39 Å². The normalized spacial score (nSPS) is 10.3. The molecule has 0 saturated heterocycles. The molecule has 0 heterocycles. The Morgan fingerprint density at radius 3 is 2.70 bits per heavy atom. The SMILES string of the molecule is Cc1ccc(C(N)=S)c(NCCc2ccccc2F)c1. The fourth-order valence-corrected chi connectivity index (χ4v) is 2.23. The number of nitrogens with one attached hydrogen (secondary N) is 1. The molecule has 0 radical (unpaired) electrons. The average Bonchev–Trinajstić information content (AvgIpc) is 2.41. The lowest BCUT2D eigenvalue weighted by atomic mass is 10.1. The van der Waals surface area contributed by atoms with Gasteiger partial charge in [0.25, 0.3) is 0 Å². The third kappa shape index (κ3) is 3.54. The number of halogens is 1. The van der Waals surface area contributed by atoms with Crippen molar-refractivity contribution in [3.8, 4) is 0 Å². The molecule has 0 aromatic heterocycles. The highest BCUT2D eigenvalue weighted by Crippen LogP contribution is 2.18. The summed E-state index contributed by atoms with van der Waals surface area (Å²) < 4.78 is 13.5. The van der Waals surface area contributed by atoms with Gasteiger partial charge in [0.05, 0.1) is 0 Å². The van der Waals surface area contributed by atoms with Crippen LogP contribution < -0.4 is 11.1 Å². The highest BCUT2D eigenvalue weighted by atomic mass is 32.1. The summed E-state index contributed by atoms with van der Waals surface area (Å²) in [5.74, 6) is -0.173. The second-order valence-corrected chi connectivity index (χ2v) is 5.12. The minimum absolute atomic E-state index is 0.173. The third-order valence-corrected chi connectivity index (χ3v) is 3.33. The number of hydrogen-bond acceptors (Lipinski definition) is 2. The van der Waals surface area contributed by atoms with Gasteiger partial charge in [-0.1, -0.05) is 36.5 Å². The van der Waals surface area contributed by atoms with E-state index in [2.05, 4.69) is 5.32 Å². The van der Waals surface area contributed by atoms with E-state index in [1.54, 1.807) is 12.1 Å². The van der Waals surface area contributed by atoms with Crippen LogP contribution in [0.2, 0.25) is 0 Å². The summed E-state index contributed by atoms with van der Waals surface area (Å²) in [5.41, 5.74) is 9.24. The molecule has 2 aromatic carbocycles. The molecule has 20 heavy (non-hydrogen) atoms. The summed E-state index contributed by atoms with van der Waals surface area (Å²) in [6.07, 6.45) is 0.609. The van der Waals surface area contributed by atoms with Gasteiger partial charge >= 0.3 is 0 Å². The molecule has 3 N–H and O–H groups in total. The summed E-state index contributed by atoms with van der Waals surface area (Å²) in [6, 6.07) is 12.7. The van der Waals surface area contributed by atoms with Gasteiger partial charge in [-0.05, 0) is 42.7 Å². The van der Waals surface area contributed by atoms with Gasteiger partial charge in [-0.25, -0.2) is 4.39 Å². The second-order valence-electron chi connectivity index (χ2n) is 4.68. The highest BCUT2D eigenvalue weighted by Gasteiger charge is 2.06. The van der Waals surface area contributed by atoms with Crippen LogP contribution >= 0.6 is 12.2 Å². The fourth-order valence-electron chi connectivity index (χ4n) is 2.05.